The molecular weight excluding hydrogens is 294 g/mol. The fourth-order valence-corrected chi connectivity index (χ4v) is 1.41. The van der Waals surface area contributed by atoms with Crippen LogP contribution in [-0.2, 0) is 9.53 Å². The third-order valence-electron chi connectivity index (χ3n) is 2.23. The van der Waals surface area contributed by atoms with E-state index in [2.05, 4.69) is 27.5 Å². The summed E-state index contributed by atoms with van der Waals surface area (Å²) < 4.78 is 15.3. The first kappa shape index (κ1) is 16.7. The Morgan fingerprint density at radius 1 is 1.43 bits per heavy atom. The van der Waals surface area contributed by atoms with E-state index in [9.17, 15) is 4.79 Å². The highest BCUT2D eigenvalue weighted by atomic mass is 32.1. The van der Waals surface area contributed by atoms with E-state index in [-0.39, 0.29) is 11.7 Å². The van der Waals surface area contributed by atoms with Gasteiger partial charge >= 0.3 is 5.97 Å². The number of rotatable bonds is 7. The van der Waals surface area contributed by atoms with Crippen LogP contribution in [0, 0.1) is 0 Å². The maximum Gasteiger partial charge on any atom is 0.343 e. The molecule has 114 valence electrons. The van der Waals surface area contributed by atoms with Crippen LogP contribution in [0.4, 0.5) is 0 Å². The van der Waals surface area contributed by atoms with Crippen molar-refractivity contribution in [3.05, 3.63) is 23.8 Å². The van der Waals surface area contributed by atoms with Crippen molar-refractivity contribution in [1.82, 2.24) is 5.43 Å². The third kappa shape index (κ3) is 6.09. The van der Waals surface area contributed by atoms with Crippen LogP contribution in [0.5, 0.6) is 11.5 Å². The van der Waals surface area contributed by atoms with Gasteiger partial charge in [0, 0.05) is 0 Å². The Bertz CT molecular complexity index is 534. The van der Waals surface area contributed by atoms with Crippen LogP contribution in [0.15, 0.2) is 23.3 Å². The van der Waals surface area contributed by atoms with Crippen LogP contribution in [0.1, 0.15) is 12.5 Å². The fourth-order valence-electron chi connectivity index (χ4n) is 1.36. The van der Waals surface area contributed by atoms with Crippen LogP contribution in [0.25, 0.3) is 0 Å². The van der Waals surface area contributed by atoms with Gasteiger partial charge in [-0.25, -0.2) is 4.79 Å². The molecule has 3 N–H and O–H groups in total. The monoisotopic (exact) mass is 311 g/mol. The summed E-state index contributed by atoms with van der Waals surface area (Å²) in [5.74, 6) is 0.478. The molecule has 0 aliphatic heterocycles. The van der Waals surface area contributed by atoms with Gasteiger partial charge in [-0.2, -0.15) is 5.10 Å². The van der Waals surface area contributed by atoms with Crippen LogP contribution >= 0.6 is 12.2 Å². The number of nitrogens with zero attached hydrogens (tertiary/aromatic N) is 1. The molecular formula is C13H17N3O4S. The summed E-state index contributed by atoms with van der Waals surface area (Å²) in [6.45, 7) is 2.12. The van der Waals surface area contributed by atoms with Gasteiger partial charge in [0.15, 0.2) is 23.2 Å². The van der Waals surface area contributed by atoms with E-state index in [0.717, 1.165) is 5.56 Å². The summed E-state index contributed by atoms with van der Waals surface area (Å²) in [4.78, 5) is 11.1. The first-order valence-corrected chi connectivity index (χ1v) is 6.52. The lowest BCUT2D eigenvalue weighted by molar-refractivity contribution is -0.142. The highest BCUT2D eigenvalue weighted by Gasteiger charge is 2.08. The number of methoxy groups -OCH3 is 1. The molecule has 0 fully saturated rings. The normalized spacial score (nSPS) is 10.2. The molecule has 0 radical (unpaired) electrons. The van der Waals surface area contributed by atoms with Crippen molar-refractivity contribution in [2.75, 3.05) is 20.3 Å². The topological polar surface area (TPSA) is 95.2 Å². The zero-order chi connectivity index (χ0) is 15.7. The van der Waals surface area contributed by atoms with E-state index in [1.54, 1.807) is 18.2 Å². The SMILES string of the molecule is CCOc1cc(C=NNC(N)=S)ccc1OCC(=O)OC. The Balaban J connectivity index is 2.82. The summed E-state index contributed by atoms with van der Waals surface area (Å²) >= 11 is 4.63. The number of thiocarbonyl (C=S) groups is 1. The minimum Gasteiger partial charge on any atom is -0.490 e. The molecule has 1 rings (SSSR count). The molecule has 0 saturated heterocycles. The smallest absolute Gasteiger partial charge is 0.343 e. The first-order valence-electron chi connectivity index (χ1n) is 6.11. The fraction of sp³-hybridized carbons (Fsp3) is 0.308. The van der Waals surface area contributed by atoms with Crippen molar-refractivity contribution in [2.45, 2.75) is 6.92 Å². The number of carbonyl (C=O) groups is 1. The van der Waals surface area contributed by atoms with Crippen LogP contribution < -0.4 is 20.6 Å². The largest absolute Gasteiger partial charge is 0.490 e. The van der Waals surface area contributed by atoms with Crippen molar-refractivity contribution >= 4 is 29.5 Å². The van der Waals surface area contributed by atoms with Crippen LogP contribution in [0.2, 0.25) is 0 Å². The molecule has 0 spiro atoms. The Morgan fingerprint density at radius 2 is 2.19 bits per heavy atom. The van der Waals surface area contributed by atoms with E-state index < -0.39 is 5.97 Å². The number of nitrogens with two attached hydrogens (primary N) is 1. The van der Waals surface area contributed by atoms with Gasteiger partial charge in [0.1, 0.15) is 0 Å². The second-order valence-electron chi connectivity index (χ2n) is 3.74. The molecule has 7 nitrogen and oxygen atoms in total. The summed E-state index contributed by atoms with van der Waals surface area (Å²) in [7, 11) is 1.30. The maximum absolute atomic E-state index is 11.1. The van der Waals surface area contributed by atoms with Gasteiger partial charge in [0.05, 0.1) is 19.9 Å². The van der Waals surface area contributed by atoms with Gasteiger partial charge in [-0.15, -0.1) is 0 Å². The molecule has 1 aromatic carbocycles. The molecule has 0 atom stereocenters. The first-order chi connectivity index (χ1) is 10.1. The van der Waals surface area contributed by atoms with Gasteiger partial charge in [-0.1, -0.05) is 0 Å². The number of esters is 1. The Kier molecular flexibility index (Phi) is 6.96. The Hall–Kier alpha value is -2.35. The lowest BCUT2D eigenvalue weighted by Crippen LogP contribution is -2.23. The average Bonchev–Trinajstić information content (AvgIpc) is 2.46. The lowest BCUT2D eigenvalue weighted by atomic mass is 10.2. The van der Waals surface area contributed by atoms with Gasteiger partial charge in [0.25, 0.3) is 0 Å². The predicted octanol–water partition coefficient (Wildman–Crippen LogP) is 0.804. The number of hydrogen-bond acceptors (Lipinski definition) is 6. The summed E-state index contributed by atoms with van der Waals surface area (Å²) in [6.07, 6.45) is 1.53. The van der Waals surface area contributed by atoms with Crippen molar-refractivity contribution < 1.29 is 19.0 Å². The zero-order valence-corrected chi connectivity index (χ0v) is 12.6. The molecule has 0 saturated carbocycles. The average molecular weight is 311 g/mol. The Labute approximate surface area is 128 Å². The second kappa shape index (κ2) is 8.75. The molecule has 1 aromatic rings. The summed E-state index contributed by atoms with van der Waals surface area (Å²) in [5.41, 5.74) is 8.47. The molecule has 0 aliphatic carbocycles. The molecule has 0 unspecified atom stereocenters. The highest BCUT2D eigenvalue weighted by molar-refractivity contribution is 7.80. The number of hydrazone groups is 1. The quantitative estimate of drug-likeness (QED) is 0.333. The summed E-state index contributed by atoms with van der Waals surface area (Å²) in [6, 6.07) is 5.15. The van der Waals surface area contributed by atoms with Gasteiger partial charge in [-0.3, -0.25) is 5.43 Å². The lowest BCUT2D eigenvalue weighted by Gasteiger charge is -2.11. The molecule has 21 heavy (non-hydrogen) atoms. The van der Waals surface area contributed by atoms with E-state index in [1.165, 1.54) is 13.3 Å². The number of benzene rings is 1. The predicted molar refractivity (Wildman–Crippen MR) is 82.6 cm³/mol. The van der Waals surface area contributed by atoms with Gasteiger partial charge < -0.3 is 19.9 Å². The number of carbonyl (C=O) groups excluding carboxylic acids is 1. The van der Waals surface area contributed by atoms with E-state index in [0.29, 0.717) is 18.1 Å². The van der Waals surface area contributed by atoms with Gasteiger partial charge in [0.2, 0.25) is 0 Å². The van der Waals surface area contributed by atoms with Crippen molar-refractivity contribution in [2.24, 2.45) is 10.8 Å². The summed E-state index contributed by atoms with van der Waals surface area (Å²) in [5, 5.41) is 3.93. The third-order valence-corrected chi connectivity index (χ3v) is 2.32. The molecule has 0 aromatic heterocycles. The molecule has 0 bridgehead atoms. The standard InChI is InChI=1S/C13H17N3O4S/c1-3-19-11-6-9(7-15-16-13(14)21)4-5-10(11)20-8-12(17)18-2/h4-7H,3,8H2,1-2H3,(H3,14,16,21). The molecule has 0 aliphatic rings. The van der Waals surface area contributed by atoms with Crippen molar-refractivity contribution in [3.8, 4) is 11.5 Å². The molecule has 0 heterocycles. The minimum absolute atomic E-state index is 0.0781. The van der Waals surface area contributed by atoms with Crippen LogP contribution in [-0.4, -0.2) is 37.6 Å². The zero-order valence-electron chi connectivity index (χ0n) is 11.8. The van der Waals surface area contributed by atoms with Crippen molar-refractivity contribution in [3.63, 3.8) is 0 Å². The number of ether oxygens (including phenoxy) is 3. The Morgan fingerprint density at radius 3 is 2.81 bits per heavy atom. The van der Waals surface area contributed by atoms with Crippen LogP contribution in [0.3, 0.4) is 0 Å². The van der Waals surface area contributed by atoms with Crippen molar-refractivity contribution in [1.29, 1.82) is 0 Å². The van der Waals surface area contributed by atoms with Gasteiger partial charge in [-0.05, 0) is 42.9 Å². The number of nitrogens with one attached hydrogen (secondary N) is 1. The van der Waals surface area contributed by atoms with E-state index in [4.69, 9.17) is 15.2 Å². The minimum atomic E-state index is -0.469. The second-order valence-corrected chi connectivity index (χ2v) is 4.18. The van der Waals surface area contributed by atoms with E-state index >= 15 is 0 Å². The number of hydrogen-bond donors (Lipinski definition) is 2. The maximum atomic E-state index is 11.1. The van der Waals surface area contributed by atoms with E-state index in [1.807, 2.05) is 6.92 Å². The molecule has 0 amide bonds. The highest BCUT2D eigenvalue weighted by Crippen LogP contribution is 2.28. The molecule has 8 heteroatoms.